The van der Waals surface area contributed by atoms with E-state index in [1.807, 2.05) is 43.3 Å². The van der Waals surface area contributed by atoms with Gasteiger partial charge in [-0.1, -0.05) is 42.0 Å². The Hall–Kier alpha value is -2.13. The molecule has 3 nitrogen and oxygen atoms in total. The SMILES string of the molecule is Cc1ccc(NC(=O)C2CNCc3ccccc32)cc1. The van der Waals surface area contributed by atoms with Crippen molar-refractivity contribution in [1.29, 1.82) is 0 Å². The Bertz CT molecular complexity index is 619. The van der Waals surface area contributed by atoms with E-state index < -0.39 is 0 Å². The first-order valence-electron chi connectivity index (χ1n) is 6.90. The molecule has 0 radical (unpaired) electrons. The summed E-state index contributed by atoms with van der Waals surface area (Å²) < 4.78 is 0. The van der Waals surface area contributed by atoms with Gasteiger partial charge in [0.15, 0.2) is 0 Å². The highest BCUT2D eigenvalue weighted by molar-refractivity contribution is 5.96. The fourth-order valence-electron chi connectivity index (χ4n) is 2.60. The van der Waals surface area contributed by atoms with Crippen LogP contribution in [0.15, 0.2) is 48.5 Å². The van der Waals surface area contributed by atoms with Crippen LogP contribution >= 0.6 is 0 Å². The summed E-state index contributed by atoms with van der Waals surface area (Å²) in [7, 11) is 0. The van der Waals surface area contributed by atoms with E-state index in [-0.39, 0.29) is 11.8 Å². The van der Waals surface area contributed by atoms with Crippen LogP contribution in [0.2, 0.25) is 0 Å². The summed E-state index contributed by atoms with van der Waals surface area (Å²) in [6.07, 6.45) is 0. The van der Waals surface area contributed by atoms with Crippen molar-refractivity contribution in [2.45, 2.75) is 19.4 Å². The number of aryl methyl sites for hydroxylation is 1. The molecule has 1 unspecified atom stereocenters. The lowest BCUT2D eigenvalue weighted by molar-refractivity contribution is -0.117. The smallest absolute Gasteiger partial charge is 0.233 e. The molecule has 1 heterocycles. The van der Waals surface area contributed by atoms with Crippen molar-refractivity contribution >= 4 is 11.6 Å². The molecule has 3 heteroatoms. The van der Waals surface area contributed by atoms with Crippen molar-refractivity contribution in [2.75, 3.05) is 11.9 Å². The first-order valence-corrected chi connectivity index (χ1v) is 6.90. The number of benzene rings is 2. The molecule has 0 saturated carbocycles. The number of hydrogen-bond donors (Lipinski definition) is 2. The van der Waals surface area contributed by atoms with Gasteiger partial charge in [-0.2, -0.15) is 0 Å². The fourth-order valence-corrected chi connectivity index (χ4v) is 2.60. The normalized spacial score (nSPS) is 17.4. The zero-order valence-electron chi connectivity index (χ0n) is 11.5. The summed E-state index contributed by atoms with van der Waals surface area (Å²) in [6, 6.07) is 16.0. The van der Waals surface area contributed by atoms with Crippen molar-refractivity contribution in [3.05, 3.63) is 65.2 Å². The van der Waals surface area contributed by atoms with Gasteiger partial charge in [-0.25, -0.2) is 0 Å². The second-order valence-corrected chi connectivity index (χ2v) is 5.24. The molecule has 0 bridgehead atoms. The third-order valence-corrected chi connectivity index (χ3v) is 3.73. The van der Waals surface area contributed by atoms with Crippen molar-refractivity contribution in [1.82, 2.24) is 5.32 Å². The lowest BCUT2D eigenvalue weighted by Gasteiger charge is -2.25. The quantitative estimate of drug-likeness (QED) is 0.877. The Balaban J connectivity index is 1.80. The molecule has 0 fully saturated rings. The van der Waals surface area contributed by atoms with Crippen LogP contribution in [-0.2, 0) is 11.3 Å². The maximum absolute atomic E-state index is 12.5. The molecule has 0 spiro atoms. The number of carbonyl (C=O) groups is 1. The molecule has 0 saturated heterocycles. The van der Waals surface area contributed by atoms with Gasteiger partial charge in [0.2, 0.25) is 5.91 Å². The number of anilines is 1. The number of amides is 1. The van der Waals surface area contributed by atoms with Gasteiger partial charge in [0, 0.05) is 18.8 Å². The van der Waals surface area contributed by atoms with Crippen molar-refractivity contribution in [3.63, 3.8) is 0 Å². The third kappa shape index (κ3) is 2.58. The molecule has 20 heavy (non-hydrogen) atoms. The predicted molar refractivity (Wildman–Crippen MR) is 80.7 cm³/mol. The van der Waals surface area contributed by atoms with Crippen LogP contribution in [0.3, 0.4) is 0 Å². The van der Waals surface area contributed by atoms with Crippen molar-refractivity contribution < 1.29 is 4.79 Å². The number of rotatable bonds is 2. The van der Waals surface area contributed by atoms with Gasteiger partial charge < -0.3 is 10.6 Å². The highest BCUT2D eigenvalue weighted by Crippen LogP contribution is 2.25. The van der Waals surface area contributed by atoms with Crippen LogP contribution in [0.4, 0.5) is 5.69 Å². The van der Waals surface area contributed by atoms with E-state index in [1.165, 1.54) is 11.1 Å². The van der Waals surface area contributed by atoms with E-state index in [0.29, 0.717) is 6.54 Å². The van der Waals surface area contributed by atoms with Gasteiger partial charge in [0.05, 0.1) is 5.92 Å². The summed E-state index contributed by atoms with van der Waals surface area (Å²) in [5.41, 5.74) is 4.38. The summed E-state index contributed by atoms with van der Waals surface area (Å²) in [6.45, 7) is 3.56. The minimum atomic E-state index is -0.124. The van der Waals surface area contributed by atoms with Crippen LogP contribution in [0.5, 0.6) is 0 Å². The molecule has 0 aromatic heterocycles. The molecule has 2 aromatic rings. The molecule has 2 aromatic carbocycles. The van der Waals surface area contributed by atoms with Crippen molar-refractivity contribution in [3.8, 4) is 0 Å². The second kappa shape index (κ2) is 5.47. The van der Waals surface area contributed by atoms with Crippen LogP contribution in [-0.4, -0.2) is 12.5 Å². The van der Waals surface area contributed by atoms with Gasteiger partial charge in [-0.3, -0.25) is 4.79 Å². The molecule has 102 valence electrons. The zero-order valence-corrected chi connectivity index (χ0v) is 11.5. The average Bonchev–Trinajstić information content (AvgIpc) is 2.49. The number of carbonyl (C=O) groups excluding carboxylic acids is 1. The molecule has 1 atom stereocenters. The van der Waals surface area contributed by atoms with E-state index in [2.05, 4.69) is 22.8 Å². The van der Waals surface area contributed by atoms with Crippen LogP contribution < -0.4 is 10.6 Å². The maximum Gasteiger partial charge on any atom is 0.233 e. The standard InChI is InChI=1S/C17H18N2O/c1-12-6-8-14(9-7-12)19-17(20)16-11-18-10-13-4-2-3-5-15(13)16/h2-9,16,18H,10-11H2,1H3,(H,19,20). The van der Waals surface area contributed by atoms with E-state index in [0.717, 1.165) is 17.8 Å². The number of nitrogens with one attached hydrogen (secondary N) is 2. The molecule has 1 aliphatic heterocycles. The van der Waals surface area contributed by atoms with Gasteiger partial charge in [-0.05, 0) is 30.2 Å². The van der Waals surface area contributed by atoms with Crippen LogP contribution in [0, 0.1) is 6.92 Å². The summed E-state index contributed by atoms with van der Waals surface area (Å²) in [5.74, 6) is -0.0743. The van der Waals surface area contributed by atoms with Gasteiger partial charge in [-0.15, -0.1) is 0 Å². The Morgan fingerprint density at radius 2 is 1.90 bits per heavy atom. The monoisotopic (exact) mass is 266 g/mol. The summed E-state index contributed by atoms with van der Waals surface area (Å²) >= 11 is 0. The van der Waals surface area contributed by atoms with Gasteiger partial charge in [0.25, 0.3) is 0 Å². The maximum atomic E-state index is 12.5. The first-order chi connectivity index (χ1) is 9.74. The van der Waals surface area contributed by atoms with E-state index in [4.69, 9.17) is 0 Å². The minimum Gasteiger partial charge on any atom is -0.326 e. The third-order valence-electron chi connectivity index (χ3n) is 3.73. The van der Waals surface area contributed by atoms with E-state index >= 15 is 0 Å². The molecular weight excluding hydrogens is 248 g/mol. The topological polar surface area (TPSA) is 41.1 Å². The molecule has 0 aliphatic carbocycles. The largest absolute Gasteiger partial charge is 0.326 e. The molecular formula is C17H18N2O. The van der Waals surface area contributed by atoms with Crippen LogP contribution in [0.1, 0.15) is 22.6 Å². The van der Waals surface area contributed by atoms with E-state index in [1.54, 1.807) is 0 Å². The molecule has 3 rings (SSSR count). The lowest BCUT2D eigenvalue weighted by Crippen LogP contribution is -2.35. The first kappa shape index (κ1) is 12.9. The highest BCUT2D eigenvalue weighted by atomic mass is 16.1. The summed E-state index contributed by atoms with van der Waals surface area (Å²) in [5, 5.41) is 6.31. The lowest BCUT2D eigenvalue weighted by atomic mass is 9.90. The molecule has 1 aliphatic rings. The Kier molecular flexibility index (Phi) is 3.52. The predicted octanol–water partition coefficient (Wildman–Crippen LogP) is 2.82. The number of hydrogen-bond acceptors (Lipinski definition) is 2. The molecule has 2 N–H and O–H groups in total. The average molecular weight is 266 g/mol. The van der Waals surface area contributed by atoms with Gasteiger partial charge >= 0.3 is 0 Å². The van der Waals surface area contributed by atoms with Crippen molar-refractivity contribution in [2.24, 2.45) is 0 Å². The van der Waals surface area contributed by atoms with Gasteiger partial charge in [0.1, 0.15) is 0 Å². The van der Waals surface area contributed by atoms with Crippen LogP contribution in [0.25, 0.3) is 0 Å². The Morgan fingerprint density at radius 3 is 2.70 bits per heavy atom. The fraction of sp³-hybridized carbons (Fsp3) is 0.235. The minimum absolute atomic E-state index is 0.0495. The summed E-state index contributed by atoms with van der Waals surface area (Å²) in [4.78, 5) is 12.5. The molecule has 1 amide bonds. The zero-order chi connectivity index (χ0) is 13.9. The van der Waals surface area contributed by atoms with E-state index in [9.17, 15) is 4.79 Å². The second-order valence-electron chi connectivity index (χ2n) is 5.24. The Morgan fingerprint density at radius 1 is 1.15 bits per heavy atom. The Labute approximate surface area is 119 Å². The highest BCUT2D eigenvalue weighted by Gasteiger charge is 2.25. The number of fused-ring (bicyclic) bond motifs is 1.